The molecule has 0 atom stereocenters. The number of aryl methyl sites for hydroxylation is 1. The number of hydrogen-bond donors (Lipinski definition) is 1. The predicted octanol–water partition coefficient (Wildman–Crippen LogP) is 5.65. The van der Waals surface area contributed by atoms with E-state index in [2.05, 4.69) is 10.4 Å². The molecule has 0 saturated heterocycles. The second kappa shape index (κ2) is 8.59. The number of carbonyl (C=O) groups is 1. The summed E-state index contributed by atoms with van der Waals surface area (Å²) in [5.41, 5.74) is 3.58. The van der Waals surface area contributed by atoms with Crippen LogP contribution in [0.2, 0.25) is 10.0 Å². The third kappa shape index (κ3) is 4.61. The fraction of sp³-hybridized carbons (Fsp3) is 0.143. The van der Waals surface area contributed by atoms with Crippen molar-refractivity contribution in [1.82, 2.24) is 9.78 Å². The Morgan fingerprint density at radius 1 is 1.18 bits per heavy atom. The zero-order chi connectivity index (χ0) is 20.3. The molecule has 7 heteroatoms. The Morgan fingerprint density at radius 3 is 2.64 bits per heavy atom. The van der Waals surface area contributed by atoms with Crippen LogP contribution in [0.1, 0.15) is 22.5 Å². The monoisotopic (exact) mass is 417 g/mol. The first-order chi connectivity index (χ1) is 13.3. The van der Waals surface area contributed by atoms with Crippen LogP contribution in [0, 0.1) is 19.7 Å². The molecule has 1 N–H and O–H groups in total. The molecule has 3 aromatic rings. The smallest absolute Gasteiger partial charge is 0.248 e. The Bertz CT molecular complexity index is 1060. The molecule has 4 nitrogen and oxygen atoms in total. The number of nitrogens with one attached hydrogen (secondary N) is 1. The molecule has 1 heterocycles. The maximum absolute atomic E-state index is 13.2. The number of hydrogen-bond acceptors (Lipinski definition) is 2. The molecule has 0 fully saturated rings. The lowest BCUT2D eigenvalue weighted by atomic mass is 10.2. The Kier molecular flexibility index (Phi) is 6.17. The van der Waals surface area contributed by atoms with Crippen molar-refractivity contribution in [1.29, 1.82) is 0 Å². The highest BCUT2D eigenvalue weighted by Gasteiger charge is 2.14. The van der Waals surface area contributed by atoms with E-state index in [1.807, 2.05) is 32.0 Å². The van der Waals surface area contributed by atoms with Crippen LogP contribution in [-0.4, -0.2) is 15.7 Å². The minimum Gasteiger partial charge on any atom is -0.319 e. The second-order valence-corrected chi connectivity index (χ2v) is 7.10. The molecule has 0 bridgehead atoms. The SMILES string of the molecule is Cc1nn(Cc2ccc(F)cc2Cl)c(C)c1NC(=O)/C=C/c1ccccc1Cl. The molecule has 0 spiro atoms. The summed E-state index contributed by atoms with van der Waals surface area (Å²) in [6, 6.07) is 11.5. The van der Waals surface area contributed by atoms with Crippen LogP contribution >= 0.6 is 23.2 Å². The molecule has 1 aromatic heterocycles. The third-order valence-electron chi connectivity index (χ3n) is 4.28. The normalized spacial score (nSPS) is 11.2. The van der Waals surface area contributed by atoms with Crippen molar-refractivity contribution in [3.63, 3.8) is 0 Å². The van der Waals surface area contributed by atoms with Gasteiger partial charge in [0.2, 0.25) is 5.91 Å². The van der Waals surface area contributed by atoms with Gasteiger partial charge in [-0.15, -0.1) is 0 Å². The minimum absolute atomic E-state index is 0.287. The van der Waals surface area contributed by atoms with Crippen molar-refractivity contribution in [3.05, 3.63) is 86.9 Å². The third-order valence-corrected chi connectivity index (χ3v) is 4.98. The Balaban J connectivity index is 1.76. The number of anilines is 1. The van der Waals surface area contributed by atoms with E-state index in [-0.39, 0.29) is 11.7 Å². The molecule has 0 radical (unpaired) electrons. The zero-order valence-electron chi connectivity index (χ0n) is 15.3. The van der Waals surface area contributed by atoms with Gasteiger partial charge in [-0.1, -0.05) is 47.5 Å². The fourth-order valence-electron chi connectivity index (χ4n) is 2.78. The van der Waals surface area contributed by atoms with Crippen molar-refractivity contribution >= 4 is 40.9 Å². The number of halogens is 3. The number of amides is 1. The molecular formula is C21H18Cl2FN3O. The van der Waals surface area contributed by atoms with Gasteiger partial charge in [-0.2, -0.15) is 5.10 Å². The number of rotatable bonds is 5. The van der Waals surface area contributed by atoms with Crippen molar-refractivity contribution < 1.29 is 9.18 Å². The maximum atomic E-state index is 13.2. The van der Waals surface area contributed by atoms with E-state index in [4.69, 9.17) is 23.2 Å². The quantitative estimate of drug-likeness (QED) is 0.545. The van der Waals surface area contributed by atoms with Gasteiger partial charge in [0.15, 0.2) is 0 Å². The van der Waals surface area contributed by atoms with Crippen LogP contribution in [0.25, 0.3) is 6.08 Å². The van der Waals surface area contributed by atoms with E-state index in [0.717, 1.165) is 16.8 Å². The first-order valence-corrected chi connectivity index (χ1v) is 9.32. The molecule has 144 valence electrons. The lowest BCUT2D eigenvalue weighted by molar-refractivity contribution is -0.111. The summed E-state index contributed by atoms with van der Waals surface area (Å²) in [6.07, 6.45) is 3.08. The number of aromatic nitrogens is 2. The Labute approximate surface area is 172 Å². The van der Waals surface area contributed by atoms with Crippen LogP contribution in [0.15, 0.2) is 48.5 Å². The molecule has 3 rings (SSSR count). The highest BCUT2D eigenvalue weighted by Crippen LogP contribution is 2.24. The summed E-state index contributed by atoms with van der Waals surface area (Å²) in [5.74, 6) is -0.675. The van der Waals surface area contributed by atoms with Gasteiger partial charge in [-0.3, -0.25) is 9.48 Å². The van der Waals surface area contributed by atoms with Crippen molar-refractivity contribution in [2.75, 3.05) is 5.32 Å². The van der Waals surface area contributed by atoms with Crippen molar-refractivity contribution in [2.45, 2.75) is 20.4 Å². The van der Waals surface area contributed by atoms with Crippen LogP contribution in [0.3, 0.4) is 0 Å². The topological polar surface area (TPSA) is 46.9 Å². The van der Waals surface area contributed by atoms with Crippen molar-refractivity contribution in [3.8, 4) is 0 Å². The average molecular weight is 418 g/mol. The second-order valence-electron chi connectivity index (χ2n) is 6.28. The lowest BCUT2D eigenvalue weighted by Gasteiger charge is -2.08. The van der Waals surface area contributed by atoms with Gasteiger partial charge in [-0.25, -0.2) is 4.39 Å². The van der Waals surface area contributed by atoms with E-state index in [1.54, 1.807) is 22.9 Å². The molecule has 0 aliphatic rings. The van der Waals surface area contributed by atoms with Gasteiger partial charge in [0.05, 0.1) is 23.6 Å². The highest BCUT2D eigenvalue weighted by molar-refractivity contribution is 6.32. The van der Waals surface area contributed by atoms with E-state index in [1.165, 1.54) is 18.2 Å². The summed E-state index contributed by atoms with van der Waals surface area (Å²) < 4.78 is 15.0. The maximum Gasteiger partial charge on any atom is 0.248 e. The van der Waals surface area contributed by atoms with E-state index in [0.29, 0.717) is 28.0 Å². The molecule has 0 aliphatic carbocycles. The molecule has 0 unspecified atom stereocenters. The first kappa shape index (κ1) is 20.1. The van der Waals surface area contributed by atoms with Crippen LogP contribution < -0.4 is 5.32 Å². The van der Waals surface area contributed by atoms with E-state index >= 15 is 0 Å². The summed E-state index contributed by atoms with van der Waals surface area (Å²) >= 11 is 12.2. The number of carbonyl (C=O) groups excluding carboxylic acids is 1. The first-order valence-electron chi connectivity index (χ1n) is 8.56. The van der Waals surface area contributed by atoms with Crippen molar-refractivity contribution in [2.24, 2.45) is 0 Å². The Hall–Kier alpha value is -2.63. The minimum atomic E-state index is -0.389. The van der Waals surface area contributed by atoms with Gasteiger partial charge >= 0.3 is 0 Å². The van der Waals surface area contributed by atoms with Crippen LogP contribution in [-0.2, 0) is 11.3 Å². The number of nitrogens with zero attached hydrogens (tertiary/aromatic N) is 2. The van der Waals surface area contributed by atoms with Gasteiger partial charge < -0.3 is 5.32 Å². The molecule has 2 aromatic carbocycles. The van der Waals surface area contributed by atoms with E-state index < -0.39 is 0 Å². The van der Waals surface area contributed by atoms with Gasteiger partial charge in [0, 0.05) is 16.1 Å². The standard InChI is InChI=1S/C21H18Cl2FN3O/c1-13-21(25-20(28)10-8-15-5-3-4-6-18(15)22)14(2)27(26-13)12-16-7-9-17(24)11-19(16)23/h3-11H,12H2,1-2H3,(H,25,28)/b10-8+. The summed E-state index contributed by atoms with van der Waals surface area (Å²) in [5, 5.41) is 8.22. The highest BCUT2D eigenvalue weighted by atomic mass is 35.5. The van der Waals surface area contributed by atoms with Gasteiger partial charge in [0.25, 0.3) is 0 Å². The average Bonchev–Trinajstić information content (AvgIpc) is 2.91. The predicted molar refractivity (Wildman–Crippen MR) is 111 cm³/mol. The molecule has 28 heavy (non-hydrogen) atoms. The van der Waals surface area contributed by atoms with Crippen LogP contribution in [0.4, 0.5) is 10.1 Å². The van der Waals surface area contributed by atoms with Crippen LogP contribution in [0.5, 0.6) is 0 Å². The fourth-order valence-corrected chi connectivity index (χ4v) is 3.21. The lowest BCUT2D eigenvalue weighted by Crippen LogP contribution is -2.10. The summed E-state index contributed by atoms with van der Waals surface area (Å²) in [7, 11) is 0. The molecular weight excluding hydrogens is 400 g/mol. The Morgan fingerprint density at radius 2 is 1.93 bits per heavy atom. The van der Waals surface area contributed by atoms with E-state index in [9.17, 15) is 9.18 Å². The summed E-state index contributed by atoms with van der Waals surface area (Å²) in [4.78, 5) is 12.3. The zero-order valence-corrected chi connectivity index (χ0v) is 16.9. The van der Waals surface area contributed by atoms with Gasteiger partial charge in [-0.05, 0) is 49.2 Å². The van der Waals surface area contributed by atoms with Gasteiger partial charge in [0.1, 0.15) is 5.82 Å². The largest absolute Gasteiger partial charge is 0.319 e. The molecule has 0 saturated carbocycles. The summed E-state index contributed by atoms with van der Waals surface area (Å²) in [6.45, 7) is 4.03. The number of benzene rings is 2. The molecule has 0 aliphatic heterocycles. The molecule has 1 amide bonds.